The number of sulfone groups is 1. The SMILES string of the molecule is CS(=O)(=O)c1ncc2c(n1)CCN(Cc1cc3ccccc3o1)C2. The first kappa shape index (κ1) is 15.3. The normalized spacial score (nSPS) is 15.5. The first-order valence-corrected chi connectivity index (χ1v) is 9.63. The Hall–Kier alpha value is -2.25. The van der Waals surface area contributed by atoms with Crippen molar-refractivity contribution in [3.63, 3.8) is 0 Å². The molecule has 4 rings (SSSR count). The maximum absolute atomic E-state index is 11.6. The van der Waals surface area contributed by atoms with Crippen LogP contribution in [0.1, 0.15) is 17.0 Å². The quantitative estimate of drug-likeness (QED) is 0.679. The van der Waals surface area contributed by atoms with Crippen LogP contribution in [0.3, 0.4) is 0 Å². The van der Waals surface area contributed by atoms with Gasteiger partial charge in [0, 0.05) is 42.9 Å². The zero-order valence-electron chi connectivity index (χ0n) is 13.3. The lowest BCUT2D eigenvalue weighted by molar-refractivity contribution is 0.225. The van der Waals surface area contributed by atoms with Crippen molar-refractivity contribution in [1.82, 2.24) is 14.9 Å². The minimum Gasteiger partial charge on any atom is -0.460 e. The topological polar surface area (TPSA) is 76.3 Å². The van der Waals surface area contributed by atoms with Crippen molar-refractivity contribution in [2.24, 2.45) is 0 Å². The van der Waals surface area contributed by atoms with Gasteiger partial charge in [0.05, 0.1) is 12.2 Å². The molecule has 0 spiro atoms. The molecule has 0 atom stereocenters. The van der Waals surface area contributed by atoms with Crippen LogP contribution in [0.2, 0.25) is 0 Å². The van der Waals surface area contributed by atoms with Crippen LogP contribution < -0.4 is 0 Å². The molecule has 1 aliphatic rings. The monoisotopic (exact) mass is 343 g/mol. The minimum absolute atomic E-state index is 0.0908. The molecule has 0 saturated carbocycles. The highest BCUT2D eigenvalue weighted by atomic mass is 32.2. The number of benzene rings is 1. The first-order valence-electron chi connectivity index (χ1n) is 7.74. The second-order valence-electron chi connectivity index (χ2n) is 6.11. The molecule has 7 heteroatoms. The zero-order chi connectivity index (χ0) is 16.7. The Morgan fingerprint density at radius 3 is 2.92 bits per heavy atom. The second-order valence-corrected chi connectivity index (χ2v) is 8.02. The standard InChI is InChI=1S/C17H17N3O3S/c1-24(21,22)17-18-9-13-10-20(7-6-15(13)19-17)11-14-8-12-4-2-3-5-16(12)23-14/h2-5,8-9H,6-7,10-11H2,1H3. The Labute approximate surface area is 140 Å². The van der Waals surface area contributed by atoms with Crippen molar-refractivity contribution >= 4 is 20.8 Å². The minimum atomic E-state index is -3.36. The molecular weight excluding hydrogens is 326 g/mol. The molecule has 6 nitrogen and oxygen atoms in total. The molecule has 3 heterocycles. The van der Waals surface area contributed by atoms with E-state index in [9.17, 15) is 8.42 Å². The largest absolute Gasteiger partial charge is 0.460 e. The lowest BCUT2D eigenvalue weighted by atomic mass is 10.1. The Kier molecular flexibility index (Phi) is 3.62. The van der Waals surface area contributed by atoms with Crippen molar-refractivity contribution in [3.8, 4) is 0 Å². The van der Waals surface area contributed by atoms with E-state index in [4.69, 9.17) is 4.42 Å². The third kappa shape index (κ3) is 2.92. The molecule has 24 heavy (non-hydrogen) atoms. The van der Waals surface area contributed by atoms with Crippen molar-refractivity contribution in [2.75, 3.05) is 12.8 Å². The molecule has 0 radical (unpaired) electrons. The van der Waals surface area contributed by atoms with E-state index in [-0.39, 0.29) is 5.16 Å². The molecule has 1 aromatic carbocycles. The summed E-state index contributed by atoms with van der Waals surface area (Å²) in [5.41, 5.74) is 2.70. The maximum atomic E-state index is 11.6. The predicted octanol–water partition coefficient (Wildman–Crippen LogP) is 2.18. The summed E-state index contributed by atoms with van der Waals surface area (Å²) in [5, 5.41) is 1.01. The molecule has 3 aromatic rings. The lowest BCUT2D eigenvalue weighted by Gasteiger charge is -2.27. The number of para-hydroxylation sites is 1. The van der Waals surface area contributed by atoms with Gasteiger partial charge in [0.1, 0.15) is 11.3 Å². The second kappa shape index (κ2) is 5.68. The maximum Gasteiger partial charge on any atom is 0.246 e. The summed E-state index contributed by atoms with van der Waals surface area (Å²) < 4.78 is 29.0. The third-order valence-electron chi connectivity index (χ3n) is 4.18. The summed E-state index contributed by atoms with van der Waals surface area (Å²) in [4.78, 5) is 10.5. The fraction of sp³-hybridized carbons (Fsp3) is 0.294. The van der Waals surface area contributed by atoms with Gasteiger partial charge < -0.3 is 4.42 Å². The molecule has 0 fully saturated rings. The highest BCUT2D eigenvalue weighted by molar-refractivity contribution is 7.90. The van der Waals surface area contributed by atoms with E-state index in [1.165, 1.54) is 0 Å². The number of hydrogen-bond acceptors (Lipinski definition) is 6. The Bertz CT molecular complexity index is 978. The van der Waals surface area contributed by atoms with E-state index in [0.717, 1.165) is 40.8 Å². The number of fused-ring (bicyclic) bond motifs is 2. The molecule has 0 N–H and O–H groups in total. The number of aromatic nitrogens is 2. The highest BCUT2D eigenvalue weighted by Crippen LogP contribution is 2.23. The van der Waals surface area contributed by atoms with Crippen LogP contribution in [-0.2, 0) is 29.3 Å². The Morgan fingerprint density at radius 1 is 1.29 bits per heavy atom. The Balaban J connectivity index is 1.54. The van der Waals surface area contributed by atoms with E-state index in [2.05, 4.69) is 20.9 Å². The molecular formula is C17H17N3O3S. The van der Waals surface area contributed by atoms with Gasteiger partial charge in [0.25, 0.3) is 0 Å². The predicted molar refractivity (Wildman–Crippen MR) is 89.2 cm³/mol. The molecule has 0 aliphatic carbocycles. The third-order valence-corrected chi connectivity index (χ3v) is 5.04. The van der Waals surface area contributed by atoms with Gasteiger partial charge in [-0.3, -0.25) is 4.90 Å². The van der Waals surface area contributed by atoms with Crippen LogP contribution in [-0.4, -0.2) is 36.1 Å². The molecule has 0 unspecified atom stereocenters. The fourth-order valence-corrected chi connectivity index (χ4v) is 3.53. The first-order chi connectivity index (χ1) is 11.5. The van der Waals surface area contributed by atoms with Gasteiger partial charge in [-0.15, -0.1) is 0 Å². The van der Waals surface area contributed by atoms with Crippen LogP contribution in [0, 0.1) is 0 Å². The summed E-state index contributed by atoms with van der Waals surface area (Å²) >= 11 is 0. The average molecular weight is 343 g/mol. The number of furan rings is 1. The smallest absolute Gasteiger partial charge is 0.246 e. The molecule has 0 saturated heterocycles. The summed E-state index contributed by atoms with van der Waals surface area (Å²) in [6.45, 7) is 2.21. The number of nitrogens with zero attached hydrogens (tertiary/aromatic N) is 3. The van der Waals surface area contributed by atoms with Gasteiger partial charge in [-0.2, -0.15) is 0 Å². The van der Waals surface area contributed by atoms with Gasteiger partial charge >= 0.3 is 0 Å². The Morgan fingerprint density at radius 2 is 2.12 bits per heavy atom. The number of rotatable bonds is 3. The molecule has 0 amide bonds. The van der Waals surface area contributed by atoms with Gasteiger partial charge in [0.2, 0.25) is 15.0 Å². The number of hydrogen-bond donors (Lipinski definition) is 0. The summed E-state index contributed by atoms with van der Waals surface area (Å²) in [5.74, 6) is 0.924. The van der Waals surface area contributed by atoms with Crippen LogP contribution >= 0.6 is 0 Å². The van der Waals surface area contributed by atoms with E-state index >= 15 is 0 Å². The molecule has 124 valence electrons. The van der Waals surface area contributed by atoms with E-state index in [1.807, 2.05) is 24.3 Å². The summed E-state index contributed by atoms with van der Waals surface area (Å²) in [6, 6.07) is 10.0. The molecule has 1 aliphatic heterocycles. The van der Waals surface area contributed by atoms with E-state index < -0.39 is 9.84 Å². The average Bonchev–Trinajstić information content (AvgIpc) is 2.95. The summed E-state index contributed by atoms with van der Waals surface area (Å²) in [6.07, 6.45) is 3.47. The van der Waals surface area contributed by atoms with E-state index in [0.29, 0.717) is 19.5 Å². The van der Waals surface area contributed by atoms with Crippen molar-refractivity contribution < 1.29 is 12.8 Å². The van der Waals surface area contributed by atoms with Crippen molar-refractivity contribution in [2.45, 2.75) is 24.7 Å². The van der Waals surface area contributed by atoms with Gasteiger partial charge in [-0.1, -0.05) is 18.2 Å². The molecule has 0 bridgehead atoms. The molecule has 2 aromatic heterocycles. The fourth-order valence-electron chi connectivity index (χ4n) is 3.01. The van der Waals surface area contributed by atoms with Gasteiger partial charge in [-0.05, 0) is 12.1 Å². The van der Waals surface area contributed by atoms with E-state index in [1.54, 1.807) is 6.20 Å². The van der Waals surface area contributed by atoms with Crippen LogP contribution in [0.15, 0.2) is 46.1 Å². The van der Waals surface area contributed by atoms with Crippen molar-refractivity contribution in [3.05, 3.63) is 53.5 Å². The zero-order valence-corrected chi connectivity index (χ0v) is 14.1. The van der Waals surface area contributed by atoms with Crippen LogP contribution in [0.4, 0.5) is 0 Å². The van der Waals surface area contributed by atoms with Crippen LogP contribution in [0.5, 0.6) is 0 Å². The van der Waals surface area contributed by atoms with Gasteiger partial charge in [0.15, 0.2) is 0 Å². The summed E-state index contributed by atoms with van der Waals surface area (Å²) in [7, 11) is -3.36. The lowest BCUT2D eigenvalue weighted by Crippen LogP contribution is -2.31. The van der Waals surface area contributed by atoms with Gasteiger partial charge in [-0.25, -0.2) is 18.4 Å². The van der Waals surface area contributed by atoms with Crippen LogP contribution in [0.25, 0.3) is 11.0 Å². The van der Waals surface area contributed by atoms with Crippen molar-refractivity contribution in [1.29, 1.82) is 0 Å². The highest BCUT2D eigenvalue weighted by Gasteiger charge is 2.21.